The molecule has 1 saturated heterocycles. The lowest BCUT2D eigenvalue weighted by atomic mass is 9.79. The minimum Gasteiger partial charge on any atom is -0.598 e. The van der Waals surface area contributed by atoms with Crippen LogP contribution in [-0.2, 0) is 31.2 Å². The van der Waals surface area contributed by atoms with E-state index in [2.05, 4.69) is 15.0 Å². The lowest BCUT2D eigenvalue weighted by Gasteiger charge is -2.39. The van der Waals surface area contributed by atoms with E-state index in [1.807, 2.05) is 39.8 Å². The Morgan fingerprint density at radius 2 is 1.78 bits per heavy atom. The third-order valence-corrected chi connectivity index (χ3v) is 9.74. The fourth-order valence-corrected chi connectivity index (χ4v) is 6.44. The van der Waals surface area contributed by atoms with Gasteiger partial charge in [0, 0.05) is 36.8 Å². The molecule has 4 rings (SSSR count). The first-order valence-corrected chi connectivity index (χ1v) is 17.1. The standard InChI is InChI=1S/C34H49FN4O5S/c1-8-19-43-26-21-29(39(22-26)31(41)44-32(2,3)4)30(40)37-28-20-25(11-12-27(28)35)34(16-13-23-9-10-23,24-14-17-36-18-15-24)38-45(42)33(5,6)7/h11-12,14-15,17-18,20,23,26,29,38H,8-10,13,16,19,21-22H2,1-7H3,(H,37,40)/t26-,29-,34+,45-/m1/s1. The molecule has 0 spiro atoms. The van der Waals surface area contributed by atoms with Crippen molar-refractivity contribution in [2.24, 2.45) is 5.92 Å². The molecule has 2 aliphatic rings. The van der Waals surface area contributed by atoms with Gasteiger partial charge in [0.1, 0.15) is 27.7 Å². The minimum absolute atomic E-state index is 0.0206. The van der Waals surface area contributed by atoms with Gasteiger partial charge in [0.25, 0.3) is 0 Å². The predicted octanol–water partition coefficient (Wildman–Crippen LogP) is 6.45. The molecule has 1 aromatic heterocycles. The molecule has 4 atom stereocenters. The summed E-state index contributed by atoms with van der Waals surface area (Å²) in [5, 5.41) is 2.77. The van der Waals surface area contributed by atoms with Crippen molar-refractivity contribution in [3.05, 3.63) is 59.7 Å². The van der Waals surface area contributed by atoms with Gasteiger partial charge < -0.3 is 19.3 Å². The summed E-state index contributed by atoms with van der Waals surface area (Å²) >= 11 is -1.48. The third-order valence-electron chi connectivity index (χ3n) is 8.09. The van der Waals surface area contributed by atoms with E-state index < -0.39 is 51.1 Å². The normalized spacial score (nSPS) is 20.9. The summed E-state index contributed by atoms with van der Waals surface area (Å²) in [5.41, 5.74) is -0.192. The summed E-state index contributed by atoms with van der Waals surface area (Å²) in [6.07, 6.45) is 7.29. The molecular formula is C34H49FN4O5S. The first-order valence-electron chi connectivity index (χ1n) is 16.0. The Bertz CT molecular complexity index is 1310. The SMILES string of the molecule is CCCO[C@@H]1C[C@H](C(=O)Nc2cc([C@@](CCC3CC3)(N[S@+]([O-])C(C)(C)C)c3ccncc3)ccc2F)N(C(=O)OC(C)(C)C)C1. The van der Waals surface area contributed by atoms with E-state index >= 15 is 4.39 Å². The Kier molecular flexibility index (Phi) is 11.2. The molecule has 2 heterocycles. The van der Waals surface area contributed by atoms with Crippen molar-refractivity contribution in [1.29, 1.82) is 0 Å². The zero-order valence-electron chi connectivity index (χ0n) is 27.7. The second-order valence-corrected chi connectivity index (χ2v) is 16.1. The quantitative estimate of drug-likeness (QED) is 0.255. The molecule has 11 heteroatoms. The molecule has 1 saturated carbocycles. The lowest BCUT2D eigenvalue weighted by molar-refractivity contribution is -0.120. The Morgan fingerprint density at radius 1 is 1.09 bits per heavy atom. The smallest absolute Gasteiger partial charge is 0.411 e. The Labute approximate surface area is 270 Å². The number of likely N-dealkylation sites (tertiary alicyclic amines) is 1. The van der Waals surface area contributed by atoms with Crippen molar-refractivity contribution in [1.82, 2.24) is 14.6 Å². The topological polar surface area (TPSA) is 116 Å². The maximum Gasteiger partial charge on any atom is 0.411 e. The number of hydrogen-bond acceptors (Lipinski definition) is 7. The number of aromatic nitrogens is 1. The van der Waals surface area contributed by atoms with Crippen LogP contribution in [0.2, 0.25) is 0 Å². The highest BCUT2D eigenvalue weighted by atomic mass is 32.2. The fraction of sp³-hybridized carbons (Fsp3) is 0.618. The van der Waals surface area contributed by atoms with E-state index in [4.69, 9.17) is 9.47 Å². The second kappa shape index (κ2) is 14.4. The van der Waals surface area contributed by atoms with Crippen molar-refractivity contribution in [2.45, 2.75) is 115 Å². The fourth-order valence-electron chi connectivity index (χ4n) is 5.48. The van der Waals surface area contributed by atoms with E-state index in [1.54, 1.807) is 45.3 Å². The summed E-state index contributed by atoms with van der Waals surface area (Å²) in [6.45, 7) is 13.7. The molecule has 2 N–H and O–H groups in total. The maximum atomic E-state index is 15.5. The zero-order valence-corrected chi connectivity index (χ0v) is 28.5. The highest BCUT2D eigenvalue weighted by Gasteiger charge is 2.45. The van der Waals surface area contributed by atoms with Gasteiger partial charge >= 0.3 is 6.09 Å². The number of hydrogen-bond donors (Lipinski definition) is 2. The predicted molar refractivity (Wildman–Crippen MR) is 174 cm³/mol. The number of amides is 2. The van der Waals surface area contributed by atoms with E-state index in [0.717, 1.165) is 31.2 Å². The number of rotatable bonds is 12. The number of anilines is 1. The molecule has 1 aromatic carbocycles. The van der Waals surface area contributed by atoms with Gasteiger partial charge in [-0.1, -0.05) is 25.8 Å². The van der Waals surface area contributed by atoms with Crippen LogP contribution in [0.15, 0.2) is 42.7 Å². The van der Waals surface area contributed by atoms with E-state index in [9.17, 15) is 14.1 Å². The number of carbonyl (C=O) groups is 2. The van der Waals surface area contributed by atoms with Gasteiger partial charge in [0.05, 0.1) is 18.3 Å². The van der Waals surface area contributed by atoms with Gasteiger partial charge in [-0.3, -0.25) is 14.7 Å². The van der Waals surface area contributed by atoms with Crippen LogP contribution in [0.1, 0.15) is 98.1 Å². The van der Waals surface area contributed by atoms with Crippen LogP contribution >= 0.6 is 0 Å². The maximum absolute atomic E-state index is 15.5. The van der Waals surface area contributed by atoms with E-state index in [-0.39, 0.29) is 24.8 Å². The number of nitrogens with one attached hydrogen (secondary N) is 2. The molecule has 1 aliphatic heterocycles. The molecule has 1 aliphatic carbocycles. The van der Waals surface area contributed by atoms with Crippen molar-refractivity contribution >= 4 is 29.0 Å². The number of pyridine rings is 1. The van der Waals surface area contributed by atoms with Gasteiger partial charge in [-0.2, -0.15) is 0 Å². The van der Waals surface area contributed by atoms with Crippen LogP contribution in [-0.4, -0.2) is 62.1 Å². The number of benzene rings is 1. The number of carbonyl (C=O) groups excluding carboxylic acids is 2. The molecule has 0 bridgehead atoms. The largest absolute Gasteiger partial charge is 0.598 e. The third kappa shape index (κ3) is 9.18. The van der Waals surface area contributed by atoms with Crippen LogP contribution < -0.4 is 10.0 Å². The number of nitrogens with zero attached hydrogens (tertiary/aromatic N) is 2. The summed E-state index contributed by atoms with van der Waals surface area (Å²) in [6, 6.07) is 7.49. The molecule has 2 aromatic rings. The van der Waals surface area contributed by atoms with Gasteiger partial charge in [-0.15, -0.1) is 4.72 Å². The zero-order chi connectivity index (χ0) is 33.0. The van der Waals surface area contributed by atoms with E-state index in [1.165, 1.54) is 11.0 Å². The summed E-state index contributed by atoms with van der Waals surface area (Å²) in [4.78, 5) is 32.5. The Balaban J connectivity index is 1.69. The number of halogens is 1. The highest BCUT2D eigenvalue weighted by Crippen LogP contribution is 2.43. The summed E-state index contributed by atoms with van der Waals surface area (Å²) in [7, 11) is 0. The van der Waals surface area contributed by atoms with Crippen molar-refractivity contribution in [3.8, 4) is 0 Å². The number of ether oxygens (including phenoxy) is 2. The van der Waals surface area contributed by atoms with E-state index in [0.29, 0.717) is 24.5 Å². The van der Waals surface area contributed by atoms with Gasteiger partial charge in [0.15, 0.2) is 0 Å². The van der Waals surface area contributed by atoms with Crippen LogP contribution in [0, 0.1) is 11.7 Å². The van der Waals surface area contributed by atoms with Gasteiger partial charge in [-0.05, 0) is 102 Å². The molecular weight excluding hydrogens is 595 g/mol. The lowest BCUT2D eigenvalue weighted by Crippen LogP contribution is -2.52. The van der Waals surface area contributed by atoms with Crippen molar-refractivity contribution in [2.75, 3.05) is 18.5 Å². The van der Waals surface area contributed by atoms with Crippen LogP contribution in [0.3, 0.4) is 0 Å². The molecule has 2 amide bonds. The van der Waals surface area contributed by atoms with Crippen molar-refractivity contribution in [3.63, 3.8) is 0 Å². The molecule has 0 unspecified atom stereocenters. The first kappa shape index (κ1) is 35.1. The molecule has 248 valence electrons. The second-order valence-electron chi connectivity index (χ2n) is 14.2. The van der Waals surface area contributed by atoms with Crippen LogP contribution in [0.25, 0.3) is 0 Å². The molecule has 0 radical (unpaired) electrons. The average Bonchev–Trinajstić information content (AvgIpc) is 3.70. The van der Waals surface area contributed by atoms with Gasteiger partial charge in [-0.25, -0.2) is 9.18 Å². The Morgan fingerprint density at radius 3 is 2.38 bits per heavy atom. The summed E-state index contributed by atoms with van der Waals surface area (Å²) < 4.78 is 43.5. The van der Waals surface area contributed by atoms with Gasteiger partial charge in [0.2, 0.25) is 5.91 Å². The Hall–Kier alpha value is -2.73. The monoisotopic (exact) mass is 644 g/mol. The average molecular weight is 645 g/mol. The molecule has 2 fully saturated rings. The highest BCUT2D eigenvalue weighted by molar-refractivity contribution is 7.90. The van der Waals surface area contributed by atoms with Crippen LogP contribution in [0.4, 0.5) is 14.9 Å². The van der Waals surface area contributed by atoms with Crippen molar-refractivity contribution < 1.29 is 28.0 Å². The first-order chi connectivity index (χ1) is 21.1. The summed E-state index contributed by atoms with van der Waals surface area (Å²) in [5.74, 6) is -0.562. The minimum atomic E-state index is -1.48. The molecule has 9 nitrogen and oxygen atoms in total. The van der Waals surface area contributed by atoms with Crippen LogP contribution in [0.5, 0.6) is 0 Å². The molecule has 45 heavy (non-hydrogen) atoms.